The third-order valence-electron chi connectivity index (χ3n) is 3.33. The van der Waals surface area contributed by atoms with E-state index in [0.717, 1.165) is 17.9 Å². The Balaban J connectivity index is 2.01. The highest BCUT2D eigenvalue weighted by molar-refractivity contribution is 5.34. The molecule has 0 heterocycles. The Bertz CT molecular complexity index is 599. The van der Waals surface area contributed by atoms with Crippen LogP contribution in [0.1, 0.15) is 29.7 Å². The number of nitriles is 1. The largest absolute Gasteiger partial charge is 0.496 e. The summed E-state index contributed by atoms with van der Waals surface area (Å²) < 4.78 is 5.34. The topological polar surface area (TPSA) is 45.0 Å². The number of hydrogen-bond donors (Lipinski definition) is 1. The normalized spacial score (nSPS) is 11.7. The second-order valence-electron chi connectivity index (χ2n) is 4.65. The zero-order valence-corrected chi connectivity index (χ0v) is 11.8. The van der Waals surface area contributed by atoms with Gasteiger partial charge in [0.1, 0.15) is 5.75 Å². The van der Waals surface area contributed by atoms with E-state index in [0.29, 0.717) is 5.56 Å². The molecule has 3 heteroatoms. The van der Waals surface area contributed by atoms with Gasteiger partial charge in [-0.15, -0.1) is 0 Å². The van der Waals surface area contributed by atoms with E-state index in [2.05, 4.69) is 24.4 Å². The van der Waals surface area contributed by atoms with Crippen LogP contribution in [0, 0.1) is 11.3 Å². The molecule has 0 amide bonds. The third-order valence-corrected chi connectivity index (χ3v) is 3.33. The minimum Gasteiger partial charge on any atom is -0.496 e. The second-order valence-corrected chi connectivity index (χ2v) is 4.65. The van der Waals surface area contributed by atoms with Gasteiger partial charge in [-0.1, -0.05) is 30.3 Å². The average molecular weight is 266 g/mol. The van der Waals surface area contributed by atoms with Crippen LogP contribution in [0.2, 0.25) is 0 Å². The maximum atomic E-state index is 8.80. The van der Waals surface area contributed by atoms with E-state index in [9.17, 15) is 0 Å². The number of benzene rings is 2. The van der Waals surface area contributed by atoms with Crippen molar-refractivity contribution < 1.29 is 4.74 Å². The molecule has 0 aliphatic heterocycles. The quantitative estimate of drug-likeness (QED) is 0.902. The molecule has 0 fully saturated rings. The van der Waals surface area contributed by atoms with Gasteiger partial charge in [-0.25, -0.2) is 0 Å². The Morgan fingerprint density at radius 2 is 1.85 bits per heavy atom. The average Bonchev–Trinajstić information content (AvgIpc) is 2.53. The van der Waals surface area contributed by atoms with Crippen LogP contribution in [-0.2, 0) is 6.54 Å². The molecule has 2 aromatic carbocycles. The van der Waals surface area contributed by atoms with Crippen LogP contribution in [0.4, 0.5) is 0 Å². The molecule has 1 N–H and O–H groups in total. The lowest BCUT2D eigenvalue weighted by molar-refractivity contribution is 0.406. The fourth-order valence-corrected chi connectivity index (χ4v) is 2.08. The first-order valence-corrected chi connectivity index (χ1v) is 6.60. The molecule has 0 aromatic heterocycles. The van der Waals surface area contributed by atoms with E-state index in [-0.39, 0.29) is 6.04 Å². The summed E-state index contributed by atoms with van der Waals surface area (Å²) in [5, 5.41) is 12.3. The van der Waals surface area contributed by atoms with E-state index >= 15 is 0 Å². The van der Waals surface area contributed by atoms with Crippen LogP contribution in [0.3, 0.4) is 0 Å². The van der Waals surface area contributed by atoms with Gasteiger partial charge >= 0.3 is 0 Å². The van der Waals surface area contributed by atoms with Crippen molar-refractivity contribution >= 4 is 0 Å². The summed E-state index contributed by atoms with van der Waals surface area (Å²) in [5.41, 5.74) is 2.99. The molecule has 0 saturated heterocycles. The number of methoxy groups -OCH3 is 1. The molecule has 0 aliphatic rings. The van der Waals surface area contributed by atoms with Gasteiger partial charge in [-0.2, -0.15) is 5.26 Å². The van der Waals surface area contributed by atoms with Gasteiger partial charge < -0.3 is 10.1 Å². The van der Waals surface area contributed by atoms with Crippen molar-refractivity contribution in [3.8, 4) is 11.8 Å². The highest BCUT2D eigenvalue weighted by Gasteiger charge is 2.07. The Labute approximate surface area is 119 Å². The predicted molar refractivity (Wildman–Crippen MR) is 79.4 cm³/mol. The minimum absolute atomic E-state index is 0.215. The van der Waals surface area contributed by atoms with Crippen molar-refractivity contribution in [3.63, 3.8) is 0 Å². The fraction of sp³-hybridized carbons (Fsp3) is 0.235. The van der Waals surface area contributed by atoms with Crippen LogP contribution in [-0.4, -0.2) is 7.11 Å². The summed E-state index contributed by atoms with van der Waals surface area (Å²) in [6.07, 6.45) is 0. The zero-order chi connectivity index (χ0) is 14.4. The Hall–Kier alpha value is -2.31. The monoisotopic (exact) mass is 266 g/mol. The summed E-state index contributed by atoms with van der Waals surface area (Å²) in [6.45, 7) is 2.85. The van der Waals surface area contributed by atoms with Crippen LogP contribution in [0.25, 0.3) is 0 Å². The van der Waals surface area contributed by atoms with Gasteiger partial charge in [-0.05, 0) is 30.7 Å². The molecule has 0 spiro atoms. The number of hydrogen-bond acceptors (Lipinski definition) is 3. The van der Waals surface area contributed by atoms with Crippen molar-refractivity contribution in [3.05, 3.63) is 65.2 Å². The Kier molecular flexibility index (Phi) is 4.75. The van der Waals surface area contributed by atoms with Gasteiger partial charge in [0, 0.05) is 18.2 Å². The number of nitrogens with zero attached hydrogens (tertiary/aromatic N) is 1. The molecule has 2 aromatic rings. The lowest BCUT2D eigenvalue weighted by Crippen LogP contribution is -2.18. The third kappa shape index (κ3) is 3.37. The highest BCUT2D eigenvalue weighted by atomic mass is 16.5. The van der Waals surface area contributed by atoms with E-state index in [4.69, 9.17) is 10.00 Å². The summed E-state index contributed by atoms with van der Waals surface area (Å²) in [7, 11) is 1.68. The molecular formula is C17H18N2O. The van der Waals surface area contributed by atoms with Crippen LogP contribution < -0.4 is 10.1 Å². The first-order chi connectivity index (χ1) is 9.74. The highest BCUT2D eigenvalue weighted by Crippen LogP contribution is 2.19. The first kappa shape index (κ1) is 14.1. The summed E-state index contributed by atoms with van der Waals surface area (Å²) in [5.74, 6) is 0.895. The van der Waals surface area contributed by atoms with E-state index < -0.39 is 0 Å². The molecule has 0 aliphatic carbocycles. The SMILES string of the molecule is COc1ccccc1CN[C@@H](C)c1ccc(C#N)cc1. The maximum absolute atomic E-state index is 8.80. The first-order valence-electron chi connectivity index (χ1n) is 6.60. The minimum atomic E-state index is 0.215. The van der Waals surface area contributed by atoms with Gasteiger partial charge in [0.05, 0.1) is 18.7 Å². The second kappa shape index (κ2) is 6.74. The molecule has 20 heavy (non-hydrogen) atoms. The van der Waals surface area contributed by atoms with E-state index in [1.807, 2.05) is 42.5 Å². The number of rotatable bonds is 5. The molecule has 0 radical (unpaired) electrons. The van der Waals surface area contributed by atoms with Crippen LogP contribution in [0.15, 0.2) is 48.5 Å². The molecule has 0 unspecified atom stereocenters. The lowest BCUT2D eigenvalue weighted by atomic mass is 10.1. The lowest BCUT2D eigenvalue weighted by Gasteiger charge is -2.15. The predicted octanol–water partition coefficient (Wildman–Crippen LogP) is 3.42. The fourth-order valence-electron chi connectivity index (χ4n) is 2.08. The van der Waals surface area contributed by atoms with Crippen molar-refractivity contribution in [2.45, 2.75) is 19.5 Å². The smallest absolute Gasteiger partial charge is 0.123 e. The molecule has 3 nitrogen and oxygen atoms in total. The van der Waals surface area contributed by atoms with Crippen LogP contribution >= 0.6 is 0 Å². The number of nitrogens with one attached hydrogen (secondary N) is 1. The molecular weight excluding hydrogens is 248 g/mol. The standard InChI is InChI=1S/C17H18N2O/c1-13(15-9-7-14(11-18)8-10-15)19-12-16-5-3-4-6-17(16)20-2/h3-10,13,19H,12H2,1-2H3/t13-/m0/s1. The van der Waals surface area contributed by atoms with E-state index in [1.54, 1.807) is 7.11 Å². The Morgan fingerprint density at radius 1 is 1.15 bits per heavy atom. The molecule has 102 valence electrons. The van der Waals surface area contributed by atoms with Gasteiger partial charge in [0.2, 0.25) is 0 Å². The maximum Gasteiger partial charge on any atom is 0.123 e. The number of ether oxygens (including phenoxy) is 1. The van der Waals surface area contributed by atoms with Crippen molar-refractivity contribution in [2.75, 3.05) is 7.11 Å². The summed E-state index contributed by atoms with van der Waals surface area (Å²) in [6, 6.07) is 18.0. The molecule has 0 saturated carbocycles. The zero-order valence-electron chi connectivity index (χ0n) is 11.8. The Morgan fingerprint density at radius 3 is 2.50 bits per heavy atom. The van der Waals surface area contributed by atoms with E-state index in [1.165, 1.54) is 5.56 Å². The van der Waals surface area contributed by atoms with Crippen LogP contribution in [0.5, 0.6) is 5.75 Å². The number of para-hydroxylation sites is 1. The van der Waals surface area contributed by atoms with Gasteiger partial charge in [0.25, 0.3) is 0 Å². The molecule has 1 atom stereocenters. The summed E-state index contributed by atoms with van der Waals surface area (Å²) >= 11 is 0. The molecule has 0 bridgehead atoms. The van der Waals surface area contributed by atoms with Crippen molar-refractivity contribution in [2.24, 2.45) is 0 Å². The van der Waals surface area contributed by atoms with Gasteiger partial charge in [-0.3, -0.25) is 0 Å². The van der Waals surface area contributed by atoms with Gasteiger partial charge in [0.15, 0.2) is 0 Å². The summed E-state index contributed by atoms with van der Waals surface area (Å²) in [4.78, 5) is 0. The van der Waals surface area contributed by atoms with Crippen molar-refractivity contribution in [1.29, 1.82) is 5.26 Å². The van der Waals surface area contributed by atoms with Crippen molar-refractivity contribution in [1.82, 2.24) is 5.32 Å². The molecule has 2 rings (SSSR count).